The summed E-state index contributed by atoms with van der Waals surface area (Å²) >= 11 is 0. The van der Waals surface area contributed by atoms with E-state index in [1.54, 1.807) is 0 Å². The molecule has 0 aromatic carbocycles. The number of hydrogen-bond acceptors (Lipinski definition) is 2. The van der Waals surface area contributed by atoms with Gasteiger partial charge in [-0.25, -0.2) is 4.98 Å². The maximum Gasteiger partial charge on any atom is 0.213 e. The molecule has 2 nitrogen and oxygen atoms in total. The molecule has 0 spiro atoms. The van der Waals surface area contributed by atoms with Crippen LogP contribution in [0.1, 0.15) is 12.5 Å². The van der Waals surface area contributed by atoms with Gasteiger partial charge in [-0.3, -0.25) is 0 Å². The molecule has 0 aliphatic heterocycles. The number of nitrogens with one attached hydrogen (secondary N) is 1. The Bertz CT molecular complexity index is 263. The molecule has 0 saturated heterocycles. The van der Waals surface area contributed by atoms with Crippen molar-refractivity contribution in [1.82, 2.24) is 10.3 Å². The third-order valence-electron chi connectivity index (χ3n) is 1.78. The van der Waals surface area contributed by atoms with Gasteiger partial charge in [-0.2, -0.15) is 4.39 Å². The number of rotatable bonds is 4. The van der Waals surface area contributed by atoms with E-state index in [0.29, 0.717) is 0 Å². The molecule has 1 aromatic heterocycles. The molecule has 1 N–H and O–H groups in total. The largest absolute Gasteiger partial charge is 0.319 e. The zero-order chi connectivity index (χ0) is 9.68. The summed E-state index contributed by atoms with van der Waals surface area (Å²) in [6, 6.07) is 3.31. The van der Waals surface area contributed by atoms with Gasteiger partial charge in [0, 0.05) is 12.7 Å². The molecule has 0 bridgehead atoms. The summed E-state index contributed by atoms with van der Waals surface area (Å²) in [7, 11) is 1.90. The van der Waals surface area contributed by atoms with E-state index in [1.165, 1.54) is 18.2 Å². The van der Waals surface area contributed by atoms with Crippen LogP contribution >= 0.6 is 0 Å². The molecule has 0 aliphatic carbocycles. The van der Waals surface area contributed by atoms with Gasteiger partial charge in [-0.15, -0.1) is 0 Å². The molecular weight excluding hydrogens is 167 g/mol. The number of hydrogen-bond donors (Lipinski definition) is 1. The van der Waals surface area contributed by atoms with Crippen LogP contribution in [0.25, 0.3) is 0 Å². The van der Waals surface area contributed by atoms with E-state index >= 15 is 0 Å². The minimum absolute atomic E-state index is 0.408. The highest BCUT2D eigenvalue weighted by Crippen LogP contribution is 2.09. The third kappa shape index (κ3) is 3.51. The van der Waals surface area contributed by atoms with Crippen molar-refractivity contribution in [1.29, 1.82) is 0 Å². The SMILES string of the molecule is CNC[C](C)Cc1ccnc(F)c1. The first-order valence-electron chi connectivity index (χ1n) is 4.28. The average Bonchev–Trinajstić information content (AvgIpc) is 2.04. The van der Waals surface area contributed by atoms with Gasteiger partial charge >= 0.3 is 0 Å². The summed E-state index contributed by atoms with van der Waals surface area (Å²) in [6.45, 7) is 2.92. The molecule has 0 fully saturated rings. The summed E-state index contributed by atoms with van der Waals surface area (Å²) in [5, 5.41) is 3.06. The van der Waals surface area contributed by atoms with E-state index in [9.17, 15) is 4.39 Å². The predicted octanol–water partition coefficient (Wildman–Crippen LogP) is 1.58. The van der Waals surface area contributed by atoms with Crippen molar-refractivity contribution in [2.24, 2.45) is 0 Å². The Morgan fingerprint density at radius 1 is 1.62 bits per heavy atom. The van der Waals surface area contributed by atoms with E-state index in [0.717, 1.165) is 18.5 Å². The Morgan fingerprint density at radius 2 is 2.38 bits per heavy atom. The Balaban J connectivity index is 2.53. The van der Waals surface area contributed by atoms with Crippen molar-refractivity contribution in [3.63, 3.8) is 0 Å². The molecule has 1 rings (SSSR count). The normalized spacial score (nSPS) is 10.8. The van der Waals surface area contributed by atoms with E-state index in [4.69, 9.17) is 0 Å². The second-order valence-corrected chi connectivity index (χ2v) is 3.15. The molecule has 13 heavy (non-hydrogen) atoms. The fraction of sp³-hybridized carbons (Fsp3) is 0.400. The van der Waals surface area contributed by atoms with Crippen molar-refractivity contribution < 1.29 is 4.39 Å². The maximum absolute atomic E-state index is 12.7. The summed E-state index contributed by atoms with van der Waals surface area (Å²) in [6.07, 6.45) is 2.30. The summed E-state index contributed by atoms with van der Waals surface area (Å²) in [5.41, 5.74) is 0.972. The van der Waals surface area contributed by atoms with Crippen LogP contribution in [0.15, 0.2) is 18.3 Å². The molecular formula is C10H14FN2. The lowest BCUT2D eigenvalue weighted by atomic mass is 10.0. The molecule has 1 aromatic rings. The molecule has 0 aliphatic rings. The highest BCUT2D eigenvalue weighted by Gasteiger charge is 2.03. The Morgan fingerprint density at radius 3 is 3.00 bits per heavy atom. The average molecular weight is 181 g/mol. The van der Waals surface area contributed by atoms with Crippen molar-refractivity contribution in [3.8, 4) is 0 Å². The quantitative estimate of drug-likeness (QED) is 0.713. The topological polar surface area (TPSA) is 24.9 Å². The van der Waals surface area contributed by atoms with Crippen molar-refractivity contribution in [2.45, 2.75) is 13.3 Å². The smallest absolute Gasteiger partial charge is 0.213 e. The number of aromatic nitrogens is 1. The van der Waals surface area contributed by atoms with E-state index in [2.05, 4.69) is 17.2 Å². The van der Waals surface area contributed by atoms with Crippen LogP contribution in [-0.4, -0.2) is 18.6 Å². The van der Waals surface area contributed by atoms with Gasteiger partial charge in [-0.05, 0) is 37.1 Å². The minimum atomic E-state index is -0.408. The lowest BCUT2D eigenvalue weighted by Crippen LogP contribution is -2.16. The first-order chi connectivity index (χ1) is 6.22. The van der Waals surface area contributed by atoms with Crippen molar-refractivity contribution in [3.05, 3.63) is 35.8 Å². The summed E-state index contributed by atoms with van der Waals surface area (Å²) in [4.78, 5) is 3.50. The molecule has 0 saturated carbocycles. The molecule has 0 unspecified atom stereocenters. The van der Waals surface area contributed by atoms with Crippen LogP contribution in [0.5, 0.6) is 0 Å². The predicted molar refractivity (Wildman–Crippen MR) is 50.7 cm³/mol. The van der Waals surface area contributed by atoms with Gasteiger partial charge in [0.2, 0.25) is 5.95 Å². The molecule has 0 amide bonds. The third-order valence-corrected chi connectivity index (χ3v) is 1.78. The number of pyridine rings is 1. The zero-order valence-electron chi connectivity index (χ0n) is 7.97. The molecule has 1 heterocycles. The Hall–Kier alpha value is -0.960. The highest BCUT2D eigenvalue weighted by molar-refractivity contribution is 5.16. The van der Waals surface area contributed by atoms with Gasteiger partial charge in [0.1, 0.15) is 0 Å². The highest BCUT2D eigenvalue weighted by atomic mass is 19.1. The summed E-state index contributed by atoms with van der Waals surface area (Å²) in [5.74, 6) is 0.878. The lowest BCUT2D eigenvalue weighted by Gasteiger charge is -2.09. The summed E-state index contributed by atoms with van der Waals surface area (Å²) < 4.78 is 12.7. The van der Waals surface area contributed by atoms with Crippen LogP contribution in [0, 0.1) is 11.9 Å². The van der Waals surface area contributed by atoms with Gasteiger partial charge in [0.15, 0.2) is 0 Å². The Kier molecular flexibility index (Phi) is 3.83. The van der Waals surface area contributed by atoms with E-state index < -0.39 is 5.95 Å². The van der Waals surface area contributed by atoms with Crippen molar-refractivity contribution in [2.75, 3.05) is 13.6 Å². The van der Waals surface area contributed by atoms with Crippen LogP contribution in [0.2, 0.25) is 0 Å². The molecule has 0 atom stereocenters. The van der Waals surface area contributed by atoms with Crippen molar-refractivity contribution >= 4 is 0 Å². The van der Waals surface area contributed by atoms with Gasteiger partial charge in [-0.1, -0.05) is 6.92 Å². The molecule has 71 valence electrons. The maximum atomic E-state index is 12.7. The number of halogens is 1. The number of nitrogens with zero attached hydrogens (tertiary/aromatic N) is 1. The van der Waals surface area contributed by atoms with Crippen LogP contribution < -0.4 is 5.32 Å². The fourth-order valence-corrected chi connectivity index (χ4v) is 1.27. The second-order valence-electron chi connectivity index (χ2n) is 3.15. The first-order valence-corrected chi connectivity index (χ1v) is 4.28. The Labute approximate surface area is 78.2 Å². The van der Waals surface area contributed by atoms with E-state index in [-0.39, 0.29) is 0 Å². The monoisotopic (exact) mass is 181 g/mol. The van der Waals surface area contributed by atoms with E-state index in [1.807, 2.05) is 13.1 Å². The molecule has 1 radical (unpaired) electrons. The first kappa shape index (κ1) is 10.1. The van der Waals surface area contributed by atoms with Crippen LogP contribution in [0.4, 0.5) is 4.39 Å². The van der Waals surface area contributed by atoms with Gasteiger partial charge < -0.3 is 5.32 Å². The second kappa shape index (κ2) is 4.92. The molecule has 3 heteroatoms. The van der Waals surface area contributed by atoms with Gasteiger partial charge in [0.05, 0.1) is 0 Å². The zero-order valence-corrected chi connectivity index (χ0v) is 7.97. The lowest BCUT2D eigenvalue weighted by molar-refractivity contribution is 0.581. The standard InChI is InChI=1S/C10H14FN2/c1-8(7-12-2)5-9-3-4-13-10(11)6-9/h3-4,6,12H,5,7H2,1-2H3. The van der Waals surface area contributed by atoms with Gasteiger partial charge in [0.25, 0.3) is 0 Å². The van der Waals surface area contributed by atoms with Crippen LogP contribution in [-0.2, 0) is 6.42 Å². The van der Waals surface area contributed by atoms with Crippen LogP contribution in [0.3, 0.4) is 0 Å². The fourth-order valence-electron chi connectivity index (χ4n) is 1.27. The minimum Gasteiger partial charge on any atom is -0.319 e.